The van der Waals surface area contributed by atoms with Crippen molar-refractivity contribution < 1.29 is 5.11 Å². The van der Waals surface area contributed by atoms with E-state index in [2.05, 4.69) is 30.7 Å². The highest BCUT2D eigenvalue weighted by molar-refractivity contribution is 5.44. The van der Waals surface area contributed by atoms with Crippen LogP contribution in [0.4, 0.5) is 11.8 Å². The standard InChI is InChI=1S/C20H28N6O/c27-18-5-2-10-26(16-18)19-6-8-22-20(23-19)25-11-3-9-24(12-13-25)15-17-4-1-7-21-14-17/h1,4,6-8,14,18,27H,2-3,5,9-13,15-16H2/t18-/m0/s1. The fourth-order valence-electron chi connectivity index (χ4n) is 3.91. The van der Waals surface area contributed by atoms with Gasteiger partial charge < -0.3 is 14.9 Å². The van der Waals surface area contributed by atoms with Crippen LogP contribution in [0, 0.1) is 0 Å². The molecular weight excluding hydrogens is 340 g/mol. The van der Waals surface area contributed by atoms with Gasteiger partial charge in [-0.25, -0.2) is 4.98 Å². The summed E-state index contributed by atoms with van der Waals surface area (Å²) < 4.78 is 0. The van der Waals surface area contributed by atoms with Crippen molar-refractivity contribution in [2.24, 2.45) is 0 Å². The van der Waals surface area contributed by atoms with Crippen LogP contribution in [0.15, 0.2) is 36.8 Å². The van der Waals surface area contributed by atoms with Gasteiger partial charge in [-0.1, -0.05) is 6.07 Å². The Kier molecular flexibility index (Phi) is 5.79. The predicted octanol–water partition coefficient (Wildman–Crippen LogP) is 1.54. The second-order valence-electron chi connectivity index (χ2n) is 7.43. The molecular formula is C20H28N6O. The van der Waals surface area contributed by atoms with E-state index < -0.39 is 0 Å². The number of hydrogen-bond donors (Lipinski definition) is 1. The van der Waals surface area contributed by atoms with E-state index in [9.17, 15) is 5.11 Å². The summed E-state index contributed by atoms with van der Waals surface area (Å²) >= 11 is 0. The number of nitrogens with zero attached hydrogens (tertiary/aromatic N) is 6. The maximum absolute atomic E-state index is 9.94. The predicted molar refractivity (Wildman–Crippen MR) is 106 cm³/mol. The van der Waals surface area contributed by atoms with Crippen molar-refractivity contribution in [2.45, 2.75) is 31.9 Å². The van der Waals surface area contributed by atoms with Gasteiger partial charge in [-0.2, -0.15) is 4.98 Å². The Labute approximate surface area is 160 Å². The number of piperidine rings is 1. The lowest BCUT2D eigenvalue weighted by Crippen LogP contribution is -2.39. The Hall–Kier alpha value is -2.25. The van der Waals surface area contributed by atoms with Gasteiger partial charge in [0.1, 0.15) is 5.82 Å². The van der Waals surface area contributed by atoms with Crippen LogP contribution in [0.25, 0.3) is 0 Å². The zero-order chi connectivity index (χ0) is 18.5. The number of aliphatic hydroxyl groups excluding tert-OH is 1. The number of aromatic nitrogens is 3. The average Bonchev–Trinajstić information content (AvgIpc) is 2.95. The fraction of sp³-hybridized carbons (Fsp3) is 0.550. The molecule has 4 heterocycles. The van der Waals surface area contributed by atoms with Crippen LogP contribution in [-0.2, 0) is 6.54 Å². The Morgan fingerprint density at radius 2 is 1.93 bits per heavy atom. The number of aliphatic hydroxyl groups is 1. The zero-order valence-electron chi connectivity index (χ0n) is 15.7. The average molecular weight is 368 g/mol. The van der Waals surface area contributed by atoms with Gasteiger partial charge in [0.2, 0.25) is 5.95 Å². The summed E-state index contributed by atoms with van der Waals surface area (Å²) in [5.41, 5.74) is 1.26. The molecule has 0 bridgehead atoms. The van der Waals surface area contributed by atoms with Crippen LogP contribution in [0.2, 0.25) is 0 Å². The minimum Gasteiger partial charge on any atom is -0.391 e. The highest BCUT2D eigenvalue weighted by atomic mass is 16.3. The maximum atomic E-state index is 9.94. The topological polar surface area (TPSA) is 68.6 Å². The first kappa shape index (κ1) is 18.1. The zero-order valence-corrected chi connectivity index (χ0v) is 15.7. The monoisotopic (exact) mass is 368 g/mol. The molecule has 2 aliphatic rings. The van der Waals surface area contributed by atoms with Gasteiger partial charge in [0.25, 0.3) is 0 Å². The largest absolute Gasteiger partial charge is 0.391 e. The smallest absolute Gasteiger partial charge is 0.227 e. The Morgan fingerprint density at radius 3 is 2.78 bits per heavy atom. The van der Waals surface area contributed by atoms with Crippen molar-refractivity contribution in [3.63, 3.8) is 0 Å². The molecule has 1 atom stereocenters. The lowest BCUT2D eigenvalue weighted by Gasteiger charge is -2.31. The third-order valence-corrected chi connectivity index (χ3v) is 5.35. The Morgan fingerprint density at radius 1 is 1.00 bits per heavy atom. The first-order valence-electron chi connectivity index (χ1n) is 9.90. The lowest BCUT2D eigenvalue weighted by molar-refractivity contribution is 0.154. The van der Waals surface area contributed by atoms with Crippen LogP contribution in [0.5, 0.6) is 0 Å². The molecule has 2 saturated heterocycles. The van der Waals surface area contributed by atoms with E-state index in [4.69, 9.17) is 4.98 Å². The molecule has 0 unspecified atom stereocenters. The normalized spacial score (nSPS) is 21.9. The van der Waals surface area contributed by atoms with Gasteiger partial charge in [-0.05, 0) is 37.0 Å². The first-order chi connectivity index (χ1) is 13.3. The summed E-state index contributed by atoms with van der Waals surface area (Å²) in [4.78, 5) is 20.5. The molecule has 7 nitrogen and oxygen atoms in total. The molecule has 2 aliphatic heterocycles. The molecule has 1 N–H and O–H groups in total. The van der Waals surface area contributed by atoms with Crippen LogP contribution < -0.4 is 9.80 Å². The van der Waals surface area contributed by atoms with E-state index in [1.165, 1.54) is 5.56 Å². The fourth-order valence-corrected chi connectivity index (χ4v) is 3.91. The number of hydrogen-bond acceptors (Lipinski definition) is 7. The summed E-state index contributed by atoms with van der Waals surface area (Å²) in [6, 6.07) is 6.08. The second-order valence-corrected chi connectivity index (χ2v) is 7.43. The summed E-state index contributed by atoms with van der Waals surface area (Å²) in [6.45, 7) is 6.51. The molecule has 7 heteroatoms. The SMILES string of the molecule is O[C@H]1CCCN(c2ccnc(N3CCCN(Cc4cccnc4)CC3)n2)C1. The summed E-state index contributed by atoms with van der Waals surface area (Å²) in [7, 11) is 0. The Bertz CT molecular complexity index is 727. The number of β-amino-alcohol motifs (C(OH)–C–C–N with tert-alkyl or cyclic N) is 1. The first-order valence-corrected chi connectivity index (χ1v) is 9.90. The highest BCUT2D eigenvalue weighted by Crippen LogP contribution is 2.20. The molecule has 0 aliphatic carbocycles. The van der Waals surface area contributed by atoms with E-state index in [1.54, 1.807) is 0 Å². The van der Waals surface area contributed by atoms with Gasteiger partial charge in [0.15, 0.2) is 0 Å². The van der Waals surface area contributed by atoms with Gasteiger partial charge >= 0.3 is 0 Å². The summed E-state index contributed by atoms with van der Waals surface area (Å²) in [5.74, 6) is 1.73. The van der Waals surface area contributed by atoms with Crippen molar-refractivity contribution in [1.82, 2.24) is 19.9 Å². The molecule has 2 fully saturated rings. The van der Waals surface area contributed by atoms with Crippen molar-refractivity contribution in [2.75, 3.05) is 49.1 Å². The molecule has 2 aromatic heterocycles. The minimum absolute atomic E-state index is 0.253. The number of pyridine rings is 1. The van der Waals surface area contributed by atoms with Gasteiger partial charge in [-0.3, -0.25) is 9.88 Å². The van der Waals surface area contributed by atoms with Gasteiger partial charge in [-0.15, -0.1) is 0 Å². The molecule has 0 spiro atoms. The molecule has 0 aromatic carbocycles. The van der Waals surface area contributed by atoms with Gasteiger partial charge in [0, 0.05) is 64.4 Å². The van der Waals surface area contributed by atoms with Crippen LogP contribution >= 0.6 is 0 Å². The van der Waals surface area contributed by atoms with Gasteiger partial charge in [0.05, 0.1) is 6.10 Å². The van der Waals surface area contributed by atoms with Crippen LogP contribution in [0.1, 0.15) is 24.8 Å². The molecule has 2 aromatic rings. The lowest BCUT2D eigenvalue weighted by atomic mass is 10.1. The van der Waals surface area contributed by atoms with E-state index in [1.807, 2.05) is 30.7 Å². The van der Waals surface area contributed by atoms with Crippen molar-refractivity contribution in [3.05, 3.63) is 42.4 Å². The third kappa shape index (κ3) is 4.73. The van der Waals surface area contributed by atoms with E-state index >= 15 is 0 Å². The van der Waals surface area contributed by atoms with E-state index in [0.29, 0.717) is 6.54 Å². The van der Waals surface area contributed by atoms with Crippen LogP contribution in [-0.4, -0.2) is 70.3 Å². The second kappa shape index (κ2) is 8.63. The summed E-state index contributed by atoms with van der Waals surface area (Å²) in [6.07, 6.45) is 8.34. The molecule has 27 heavy (non-hydrogen) atoms. The Balaban J connectivity index is 1.39. The quantitative estimate of drug-likeness (QED) is 0.878. The molecule has 4 rings (SSSR count). The molecule has 0 saturated carbocycles. The maximum Gasteiger partial charge on any atom is 0.227 e. The third-order valence-electron chi connectivity index (χ3n) is 5.35. The number of rotatable bonds is 4. The van der Waals surface area contributed by atoms with Crippen molar-refractivity contribution in [1.29, 1.82) is 0 Å². The van der Waals surface area contributed by atoms with Crippen LogP contribution in [0.3, 0.4) is 0 Å². The van der Waals surface area contributed by atoms with Crippen molar-refractivity contribution >= 4 is 11.8 Å². The summed E-state index contributed by atoms with van der Waals surface area (Å²) in [5, 5.41) is 9.94. The highest BCUT2D eigenvalue weighted by Gasteiger charge is 2.21. The van der Waals surface area contributed by atoms with E-state index in [0.717, 1.165) is 70.3 Å². The molecule has 0 radical (unpaired) electrons. The molecule has 144 valence electrons. The number of anilines is 2. The van der Waals surface area contributed by atoms with E-state index in [-0.39, 0.29) is 6.10 Å². The minimum atomic E-state index is -0.253. The van der Waals surface area contributed by atoms with Crippen molar-refractivity contribution in [3.8, 4) is 0 Å². The molecule has 0 amide bonds.